The average molecular weight is 401 g/mol. The van der Waals surface area contributed by atoms with Gasteiger partial charge in [-0.15, -0.1) is 0 Å². The molecule has 1 saturated heterocycles. The number of nitrogens with zero attached hydrogens (tertiary/aromatic N) is 2. The van der Waals surface area contributed by atoms with Crippen LogP contribution in [0.4, 0.5) is 10.1 Å². The molecular weight excluding hydrogens is 371 g/mol. The number of hydrogen-bond donors (Lipinski definition) is 0. The van der Waals surface area contributed by atoms with E-state index in [1.54, 1.807) is 0 Å². The molecule has 0 radical (unpaired) electrons. The van der Waals surface area contributed by atoms with Gasteiger partial charge < -0.3 is 4.90 Å². The minimum atomic E-state index is -0.175. The Morgan fingerprint density at radius 3 is 2.03 bits per heavy atom. The lowest BCUT2D eigenvalue weighted by Gasteiger charge is -2.36. The zero-order valence-electron chi connectivity index (χ0n) is 17.4. The molecule has 3 aromatic rings. The second-order valence-electron chi connectivity index (χ2n) is 8.77. The highest BCUT2D eigenvalue weighted by Gasteiger charge is 2.39. The van der Waals surface area contributed by atoms with Crippen LogP contribution in [0.3, 0.4) is 0 Å². The fourth-order valence-corrected chi connectivity index (χ4v) is 4.74. The molecule has 2 unspecified atom stereocenters. The molecule has 1 aliphatic heterocycles. The summed E-state index contributed by atoms with van der Waals surface area (Å²) >= 11 is 0. The molecule has 0 aromatic heterocycles. The number of anilines is 1. The summed E-state index contributed by atoms with van der Waals surface area (Å²) in [6.07, 6.45) is 2.19. The Kier molecular flexibility index (Phi) is 5.54. The second-order valence-corrected chi connectivity index (χ2v) is 8.77. The molecule has 2 fully saturated rings. The third-order valence-electron chi connectivity index (χ3n) is 6.64. The minimum absolute atomic E-state index is 0.175. The summed E-state index contributed by atoms with van der Waals surface area (Å²) in [6, 6.07) is 26.7. The minimum Gasteiger partial charge on any atom is -0.369 e. The first kappa shape index (κ1) is 19.3. The fourth-order valence-electron chi connectivity index (χ4n) is 4.74. The zero-order chi connectivity index (χ0) is 20.3. The number of benzene rings is 3. The number of piperazine rings is 1. The molecule has 0 amide bonds. The fraction of sp³-hybridized carbons (Fsp3) is 0.333. The molecule has 0 bridgehead atoms. The van der Waals surface area contributed by atoms with E-state index in [4.69, 9.17) is 0 Å². The zero-order valence-corrected chi connectivity index (χ0v) is 17.4. The molecule has 1 aliphatic carbocycles. The molecule has 3 heteroatoms. The van der Waals surface area contributed by atoms with Gasteiger partial charge in [0.05, 0.1) is 0 Å². The van der Waals surface area contributed by atoms with E-state index < -0.39 is 0 Å². The Labute approximate surface area is 179 Å². The maximum atomic E-state index is 13.1. The first-order valence-electron chi connectivity index (χ1n) is 11.1. The molecule has 3 aromatic carbocycles. The van der Waals surface area contributed by atoms with Gasteiger partial charge in [0.15, 0.2) is 0 Å². The van der Waals surface area contributed by atoms with E-state index in [0.717, 1.165) is 50.0 Å². The summed E-state index contributed by atoms with van der Waals surface area (Å²) in [7, 11) is 0. The first-order valence-corrected chi connectivity index (χ1v) is 11.1. The van der Waals surface area contributed by atoms with Crippen molar-refractivity contribution in [3.8, 4) is 0 Å². The van der Waals surface area contributed by atoms with E-state index in [-0.39, 0.29) is 5.82 Å². The highest BCUT2D eigenvalue weighted by molar-refractivity contribution is 5.48. The van der Waals surface area contributed by atoms with Gasteiger partial charge in [0.1, 0.15) is 5.82 Å². The monoisotopic (exact) mass is 400 g/mol. The van der Waals surface area contributed by atoms with Crippen LogP contribution in [0, 0.1) is 11.7 Å². The normalized spacial score (nSPS) is 21.6. The van der Waals surface area contributed by atoms with E-state index in [9.17, 15) is 4.39 Å². The highest BCUT2D eigenvalue weighted by Crippen LogP contribution is 2.47. The molecule has 1 saturated carbocycles. The summed E-state index contributed by atoms with van der Waals surface area (Å²) in [5.74, 6) is 1.44. The highest BCUT2D eigenvalue weighted by atomic mass is 19.1. The predicted molar refractivity (Wildman–Crippen MR) is 122 cm³/mol. The van der Waals surface area contributed by atoms with Crippen LogP contribution in [-0.4, -0.2) is 37.6 Å². The van der Waals surface area contributed by atoms with Crippen molar-refractivity contribution in [2.45, 2.75) is 18.8 Å². The maximum absolute atomic E-state index is 13.1. The van der Waals surface area contributed by atoms with E-state index in [1.165, 1.54) is 41.9 Å². The van der Waals surface area contributed by atoms with Gasteiger partial charge in [0.25, 0.3) is 0 Å². The molecule has 2 atom stereocenters. The van der Waals surface area contributed by atoms with Crippen molar-refractivity contribution in [1.82, 2.24) is 4.90 Å². The SMILES string of the molecule is Fc1ccc(Cc2ccc(N3CCN(CC4CC4c4ccccc4)CC3)cc2)cc1. The van der Waals surface area contributed by atoms with Gasteiger partial charge in [0, 0.05) is 38.4 Å². The van der Waals surface area contributed by atoms with Gasteiger partial charge in [-0.2, -0.15) is 0 Å². The van der Waals surface area contributed by atoms with Crippen molar-refractivity contribution >= 4 is 5.69 Å². The van der Waals surface area contributed by atoms with Gasteiger partial charge in [-0.05, 0) is 65.6 Å². The third kappa shape index (κ3) is 4.57. The van der Waals surface area contributed by atoms with Crippen LogP contribution in [0.25, 0.3) is 0 Å². The molecule has 0 spiro atoms. The molecule has 2 nitrogen and oxygen atoms in total. The lowest BCUT2D eigenvalue weighted by atomic mass is 10.0. The largest absolute Gasteiger partial charge is 0.369 e. The molecular formula is C27H29FN2. The summed E-state index contributed by atoms with van der Waals surface area (Å²) < 4.78 is 13.1. The quantitative estimate of drug-likeness (QED) is 0.551. The van der Waals surface area contributed by atoms with Crippen molar-refractivity contribution in [3.05, 3.63) is 101 Å². The van der Waals surface area contributed by atoms with E-state index >= 15 is 0 Å². The van der Waals surface area contributed by atoms with Crippen molar-refractivity contribution < 1.29 is 4.39 Å². The molecule has 1 heterocycles. The second kappa shape index (κ2) is 8.61. The molecule has 30 heavy (non-hydrogen) atoms. The number of halogens is 1. The van der Waals surface area contributed by atoms with Gasteiger partial charge in [-0.1, -0.05) is 54.6 Å². The molecule has 0 N–H and O–H groups in total. The Balaban J connectivity index is 1.10. The standard InChI is InChI=1S/C27H29FN2/c28-25-10-6-21(7-11-25)18-22-8-12-26(13-9-22)30-16-14-29(15-17-30)20-24-19-27(24)23-4-2-1-3-5-23/h1-13,24,27H,14-20H2. The topological polar surface area (TPSA) is 6.48 Å². The number of hydrogen-bond acceptors (Lipinski definition) is 2. The average Bonchev–Trinajstić information content (AvgIpc) is 3.56. The van der Waals surface area contributed by atoms with Gasteiger partial charge in [-0.25, -0.2) is 4.39 Å². The molecule has 2 aliphatic rings. The summed E-state index contributed by atoms with van der Waals surface area (Å²) in [5.41, 5.74) is 5.24. The Morgan fingerprint density at radius 1 is 0.733 bits per heavy atom. The number of rotatable bonds is 6. The van der Waals surface area contributed by atoms with Crippen molar-refractivity contribution in [2.75, 3.05) is 37.6 Å². The first-order chi connectivity index (χ1) is 14.7. The Bertz CT molecular complexity index is 944. The van der Waals surface area contributed by atoms with Crippen LogP contribution in [-0.2, 0) is 6.42 Å². The van der Waals surface area contributed by atoms with Crippen molar-refractivity contribution in [1.29, 1.82) is 0 Å². The molecule has 5 rings (SSSR count). The van der Waals surface area contributed by atoms with Crippen LogP contribution >= 0.6 is 0 Å². The van der Waals surface area contributed by atoms with Crippen LogP contribution in [0.5, 0.6) is 0 Å². The summed E-state index contributed by atoms with van der Waals surface area (Å²) in [5, 5.41) is 0. The molecule has 154 valence electrons. The lowest BCUT2D eigenvalue weighted by Crippen LogP contribution is -2.47. The van der Waals surface area contributed by atoms with Gasteiger partial charge in [-0.3, -0.25) is 4.90 Å². The van der Waals surface area contributed by atoms with Crippen molar-refractivity contribution in [3.63, 3.8) is 0 Å². The Morgan fingerprint density at radius 2 is 1.37 bits per heavy atom. The van der Waals surface area contributed by atoms with Crippen LogP contribution in [0.1, 0.15) is 29.0 Å². The summed E-state index contributed by atoms with van der Waals surface area (Å²) in [4.78, 5) is 5.15. The maximum Gasteiger partial charge on any atom is 0.123 e. The van der Waals surface area contributed by atoms with Crippen LogP contribution in [0.2, 0.25) is 0 Å². The lowest BCUT2D eigenvalue weighted by molar-refractivity contribution is 0.246. The van der Waals surface area contributed by atoms with Crippen molar-refractivity contribution in [2.24, 2.45) is 5.92 Å². The smallest absolute Gasteiger partial charge is 0.123 e. The van der Waals surface area contributed by atoms with E-state index in [2.05, 4.69) is 64.4 Å². The third-order valence-corrected chi connectivity index (χ3v) is 6.64. The van der Waals surface area contributed by atoms with E-state index in [1.807, 2.05) is 12.1 Å². The predicted octanol–water partition coefficient (Wildman–Crippen LogP) is 5.34. The van der Waals surface area contributed by atoms with Crippen LogP contribution in [0.15, 0.2) is 78.9 Å². The van der Waals surface area contributed by atoms with Crippen LogP contribution < -0.4 is 4.90 Å². The van der Waals surface area contributed by atoms with Gasteiger partial charge >= 0.3 is 0 Å². The van der Waals surface area contributed by atoms with E-state index in [0.29, 0.717) is 0 Å². The summed E-state index contributed by atoms with van der Waals surface area (Å²) in [6.45, 7) is 5.73. The van der Waals surface area contributed by atoms with Gasteiger partial charge in [0.2, 0.25) is 0 Å². The Hall–Kier alpha value is -2.65.